The molecule has 2 aliphatic heterocycles. The number of rotatable bonds is 4. The zero-order chi connectivity index (χ0) is 23.6. The second kappa shape index (κ2) is 7.35. The summed E-state index contributed by atoms with van der Waals surface area (Å²) in [4.78, 5) is 20.4. The summed E-state index contributed by atoms with van der Waals surface area (Å²) in [7, 11) is 0.174. The molecule has 0 saturated carbocycles. The summed E-state index contributed by atoms with van der Waals surface area (Å²) in [6, 6.07) is 1.24. The van der Waals surface area contributed by atoms with Gasteiger partial charge >= 0.3 is 0 Å². The summed E-state index contributed by atoms with van der Waals surface area (Å²) in [5.41, 5.74) is 3.36. The minimum atomic E-state index is -1.66. The van der Waals surface area contributed by atoms with Gasteiger partial charge in [0.2, 0.25) is 9.76 Å². The molecule has 1 saturated heterocycles. The van der Waals surface area contributed by atoms with Gasteiger partial charge in [-0.05, 0) is 25.8 Å². The van der Waals surface area contributed by atoms with E-state index in [1.807, 2.05) is 13.8 Å². The molecule has 0 aliphatic carbocycles. The van der Waals surface area contributed by atoms with Crippen LogP contribution in [-0.2, 0) is 9.16 Å². The highest BCUT2D eigenvalue weighted by Gasteiger charge is 2.58. The normalized spacial score (nSPS) is 27.7. The predicted octanol–water partition coefficient (Wildman–Crippen LogP) is 1.71. The fraction of sp³-hybridized carbons (Fsp3) is 0.571. The van der Waals surface area contributed by atoms with E-state index in [2.05, 4.69) is 36.1 Å². The van der Waals surface area contributed by atoms with Crippen LogP contribution in [0.3, 0.4) is 0 Å². The summed E-state index contributed by atoms with van der Waals surface area (Å²) < 4.78 is 14.0. The first kappa shape index (κ1) is 22.9. The molecule has 0 bridgehead atoms. The van der Waals surface area contributed by atoms with Gasteiger partial charge in [0.15, 0.2) is 6.23 Å². The van der Waals surface area contributed by atoms with E-state index in [1.165, 1.54) is 19.3 Å². The Labute approximate surface area is 188 Å². The lowest BCUT2D eigenvalue weighted by Gasteiger charge is -2.35. The van der Waals surface area contributed by atoms with Crippen molar-refractivity contribution < 1.29 is 19.4 Å². The topological polar surface area (TPSA) is 144 Å². The molecule has 2 aromatic heterocycles. The fourth-order valence-corrected chi connectivity index (χ4v) is 4.67. The largest absolute Gasteiger partial charge is 0.409 e. The van der Waals surface area contributed by atoms with Gasteiger partial charge in [-0.1, -0.05) is 20.8 Å². The molecule has 0 spiro atoms. The van der Waals surface area contributed by atoms with Gasteiger partial charge in [-0.2, -0.15) is 4.98 Å². The Morgan fingerprint density at radius 2 is 2.03 bits per heavy atom. The van der Waals surface area contributed by atoms with Crippen molar-refractivity contribution in [3.63, 3.8) is 0 Å². The van der Waals surface area contributed by atoms with Crippen LogP contribution in [0.4, 0.5) is 17.3 Å². The molecule has 4 rings (SSSR count). The highest BCUT2D eigenvalue weighted by atomic mass is 28.2. The van der Waals surface area contributed by atoms with Crippen molar-refractivity contribution in [2.75, 3.05) is 11.1 Å². The van der Waals surface area contributed by atoms with Crippen LogP contribution in [-0.4, -0.2) is 59.3 Å². The summed E-state index contributed by atoms with van der Waals surface area (Å²) >= 11 is 0. The van der Waals surface area contributed by atoms with Crippen LogP contribution in [0.1, 0.15) is 47.8 Å². The summed E-state index contributed by atoms with van der Waals surface area (Å²) in [6.45, 7) is 11.4. The van der Waals surface area contributed by atoms with Crippen LogP contribution < -0.4 is 16.6 Å². The van der Waals surface area contributed by atoms with Crippen LogP contribution in [0.25, 0.3) is 10.8 Å². The smallest absolute Gasteiger partial charge is 0.273 e. The predicted molar refractivity (Wildman–Crippen MR) is 123 cm³/mol. The lowest BCUT2D eigenvalue weighted by molar-refractivity contribution is -0.116. The van der Waals surface area contributed by atoms with Gasteiger partial charge in [0.25, 0.3) is 5.56 Å². The molecule has 5 N–H and O–H groups in total. The van der Waals surface area contributed by atoms with Crippen molar-refractivity contribution in [1.82, 2.24) is 9.55 Å². The molecule has 0 aromatic carbocycles. The average Bonchev–Trinajstić information content (AvgIpc) is 3.12. The number of aromatic nitrogens is 2. The van der Waals surface area contributed by atoms with Crippen molar-refractivity contribution in [2.45, 2.75) is 76.2 Å². The number of hydrogen-bond donors (Lipinski definition) is 4. The lowest BCUT2D eigenvalue weighted by Crippen LogP contribution is -2.51. The summed E-state index contributed by atoms with van der Waals surface area (Å²) in [5, 5.41) is 26.3. The van der Waals surface area contributed by atoms with E-state index in [9.17, 15) is 15.0 Å². The number of aliphatic hydroxyl groups is 2. The number of nitrogens with two attached hydrogens (primary N) is 1. The maximum Gasteiger partial charge on any atom is 0.273 e. The minimum absolute atomic E-state index is 0.0519. The third-order valence-electron chi connectivity index (χ3n) is 5.66. The van der Waals surface area contributed by atoms with Gasteiger partial charge in [-0.3, -0.25) is 4.79 Å². The van der Waals surface area contributed by atoms with E-state index in [1.54, 1.807) is 10.8 Å². The van der Waals surface area contributed by atoms with E-state index < -0.39 is 35.2 Å². The van der Waals surface area contributed by atoms with E-state index in [0.29, 0.717) is 22.4 Å². The van der Waals surface area contributed by atoms with Gasteiger partial charge in [-0.15, -0.1) is 0 Å². The minimum Gasteiger partial charge on any atom is -0.409 e. The van der Waals surface area contributed by atoms with Crippen LogP contribution in [0.15, 0.2) is 22.1 Å². The Hall–Kier alpha value is -2.31. The molecule has 32 heavy (non-hydrogen) atoms. The van der Waals surface area contributed by atoms with Gasteiger partial charge < -0.3 is 35.0 Å². The summed E-state index contributed by atoms with van der Waals surface area (Å²) in [5.74, 6) is 0.729. The number of anilines is 2. The molecule has 4 heterocycles. The molecule has 1 fully saturated rings. The quantitative estimate of drug-likeness (QED) is 0.506. The molecule has 0 amide bonds. The van der Waals surface area contributed by atoms with Gasteiger partial charge in [0, 0.05) is 23.3 Å². The standard InChI is InChI=1S/C21H29N5O5Si/c1-19(2,3)32-31-20(4,5)15-14(28)21(6,29)18(30-15)26-8-10-11(22)7-12(27)25-16-13(10)17(26)24-9-23-16/h7-9,14-15,18,28-29H,22H2,1-6H3,(H,23,24,25,27). The zero-order valence-corrected chi connectivity index (χ0v) is 20.0. The Bertz CT molecular complexity index is 1150. The number of aliphatic imine (C=N–C) groups is 1. The first-order chi connectivity index (χ1) is 14.7. The Kier molecular flexibility index (Phi) is 5.25. The number of aliphatic hydroxyl groups excluding tert-OH is 1. The van der Waals surface area contributed by atoms with Crippen molar-refractivity contribution in [2.24, 2.45) is 4.99 Å². The first-order valence-corrected chi connectivity index (χ1v) is 11.3. The number of hydrogen-bond acceptors (Lipinski definition) is 9. The molecule has 172 valence electrons. The van der Waals surface area contributed by atoms with Gasteiger partial charge in [-0.25, -0.2) is 4.99 Å². The van der Waals surface area contributed by atoms with E-state index in [-0.39, 0.29) is 20.5 Å². The average molecular weight is 460 g/mol. The number of nitrogen functional groups attached to an aromatic ring is 1. The Morgan fingerprint density at radius 1 is 1.34 bits per heavy atom. The molecule has 11 heteroatoms. The number of nitrogens with zero attached hydrogens (tertiary/aromatic N) is 3. The fourth-order valence-electron chi connectivity index (χ4n) is 3.98. The highest BCUT2D eigenvalue weighted by molar-refractivity contribution is 6.31. The van der Waals surface area contributed by atoms with Crippen LogP contribution in [0.2, 0.25) is 5.04 Å². The maximum atomic E-state index is 12.0. The third kappa shape index (κ3) is 3.73. The molecule has 2 radical (unpaired) electrons. The summed E-state index contributed by atoms with van der Waals surface area (Å²) in [6.07, 6.45) is 0.0551. The van der Waals surface area contributed by atoms with Gasteiger partial charge in [0.05, 0.1) is 17.3 Å². The van der Waals surface area contributed by atoms with Crippen molar-refractivity contribution >= 4 is 44.2 Å². The van der Waals surface area contributed by atoms with Crippen molar-refractivity contribution in [1.29, 1.82) is 0 Å². The second-order valence-corrected chi connectivity index (χ2v) is 12.0. The number of nitrogens with one attached hydrogen (secondary N) is 1. The lowest BCUT2D eigenvalue weighted by atomic mass is 9.89. The molecular weight excluding hydrogens is 430 g/mol. The molecule has 2 aromatic rings. The Morgan fingerprint density at radius 3 is 2.69 bits per heavy atom. The zero-order valence-electron chi connectivity index (χ0n) is 19.0. The van der Waals surface area contributed by atoms with Crippen LogP contribution in [0.5, 0.6) is 0 Å². The highest BCUT2D eigenvalue weighted by Crippen LogP contribution is 2.47. The van der Waals surface area contributed by atoms with Gasteiger partial charge in [0.1, 0.15) is 29.4 Å². The second-order valence-electron chi connectivity index (χ2n) is 10.1. The van der Waals surface area contributed by atoms with E-state index >= 15 is 0 Å². The number of ether oxygens (including phenoxy) is 1. The van der Waals surface area contributed by atoms with E-state index in [4.69, 9.17) is 14.9 Å². The van der Waals surface area contributed by atoms with Crippen molar-refractivity contribution in [3.8, 4) is 0 Å². The monoisotopic (exact) mass is 459 g/mol. The molecule has 2 aliphatic rings. The first-order valence-electron chi connectivity index (χ1n) is 10.4. The van der Waals surface area contributed by atoms with Crippen molar-refractivity contribution in [3.05, 3.63) is 22.6 Å². The Balaban J connectivity index is 1.79. The third-order valence-corrected chi connectivity index (χ3v) is 6.90. The molecular formula is C21H29N5O5Si. The van der Waals surface area contributed by atoms with Crippen LogP contribution in [0, 0.1) is 0 Å². The van der Waals surface area contributed by atoms with Crippen LogP contribution >= 0.6 is 0 Å². The molecule has 4 unspecified atom stereocenters. The SMILES string of the molecule is CC(C)(C)[Si]OC(C)(C)C1OC(n2cc3c(N)cc(=O)nc4c3c2N=CN4)C(C)(O)C1O. The molecule has 10 nitrogen and oxygen atoms in total. The maximum absolute atomic E-state index is 12.0. The van der Waals surface area contributed by atoms with E-state index in [0.717, 1.165) is 0 Å². The molecule has 4 atom stereocenters.